The number of carbonyl (C=O) groups excluding carboxylic acids is 1. The molecular weight excluding hydrogens is 466 g/mol. The Kier molecular flexibility index (Phi) is 5.92. The van der Waals surface area contributed by atoms with Crippen molar-refractivity contribution in [2.24, 2.45) is 0 Å². The minimum atomic E-state index is -0.707. The monoisotopic (exact) mass is 486 g/mol. The maximum absolute atomic E-state index is 14.9. The standard InChI is InChI=1S/C22H20F2N6O3S/c1-11-21(34-17(25-11)10-33-22(31)30-7-6-12(9-30)32-2)16-5-3-4-15(26-16)13-8-14(23)19-20(18(13)24)28-29-27-19/h3-5,8,12H,6-7,9-10H2,1-2H3,(H,27,28,29). The van der Waals surface area contributed by atoms with Crippen LogP contribution in [0.5, 0.6) is 0 Å². The molecule has 5 rings (SSSR count). The molecule has 12 heteroatoms. The van der Waals surface area contributed by atoms with Gasteiger partial charge in [-0.1, -0.05) is 6.07 Å². The van der Waals surface area contributed by atoms with Crippen LogP contribution in [-0.4, -0.2) is 62.7 Å². The first kappa shape index (κ1) is 22.3. The van der Waals surface area contributed by atoms with E-state index in [9.17, 15) is 13.6 Å². The summed E-state index contributed by atoms with van der Waals surface area (Å²) < 4.78 is 40.0. The molecule has 0 bridgehead atoms. The molecule has 4 aromatic rings. The minimum absolute atomic E-state index is 0.0166. The number of likely N-dealkylation sites (tertiary alicyclic amines) is 1. The average Bonchev–Trinajstić information content (AvgIpc) is 3.59. The summed E-state index contributed by atoms with van der Waals surface area (Å²) in [5, 5.41) is 10.2. The Morgan fingerprint density at radius 1 is 1.24 bits per heavy atom. The number of H-pyrrole nitrogens is 1. The van der Waals surface area contributed by atoms with E-state index in [0.717, 1.165) is 17.4 Å². The number of nitrogens with one attached hydrogen (secondary N) is 1. The van der Waals surface area contributed by atoms with E-state index in [-0.39, 0.29) is 35.0 Å². The summed E-state index contributed by atoms with van der Waals surface area (Å²) in [5.41, 5.74) is 1.13. The third kappa shape index (κ3) is 4.10. The van der Waals surface area contributed by atoms with Crippen LogP contribution in [0.2, 0.25) is 0 Å². The van der Waals surface area contributed by atoms with Crippen molar-refractivity contribution in [3.8, 4) is 21.8 Å². The lowest BCUT2D eigenvalue weighted by Gasteiger charge is -2.15. The topological polar surface area (TPSA) is 106 Å². The van der Waals surface area contributed by atoms with Crippen molar-refractivity contribution in [2.45, 2.75) is 26.1 Å². The Morgan fingerprint density at radius 2 is 2.03 bits per heavy atom. The number of hydrogen-bond donors (Lipinski definition) is 1. The largest absolute Gasteiger partial charge is 0.442 e. The predicted octanol–water partition coefficient (Wildman–Crippen LogP) is 4.09. The number of nitrogens with zero attached hydrogens (tertiary/aromatic N) is 5. The van der Waals surface area contributed by atoms with Gasteiger partial charge < -0.3 is 14.4 Å². The summed E-state index contributed by atoms with van der Waals surface area (Å²) in [6, 6.07) is 6.12. The molecule has 1 aromatic carbocycles. The Morgan fingerprint density at radius 3 is 2.82 bits per heavy atom. The first-order valence-electron chi connectivity index (χ1n) is 10.5. The fourth-order valence-corrected chi connectivity index (χ4v) is 4.83. The molecule has 1 N–H and O–H groups in total. The number of amides is 1. The maximum Gasteiger partial charge on any atom is 0.410 e. The number of aromatic amines is 1. The third-order valence-electron chi connectivity index (χ3n) is 5.64. The van der Waals surface area contributed by atoms with Crippen LogP contribution in [0.4, 0.5) is 13.6 Å². The van der Waals surface area contributed by atoms with E-state index < -0.39 is 17.7 Å². The van der Waals surface area contributed by atoms with Crippen LogP contribution < -0.4 is 0 Å². The summed E-state index contributed by atoms with van der Waals surface area (Å²) >= 11 is 1.33. The predicted molar refractivity (Wildman–Crippen MR) is 120 cm³/mol. The van der Waals surface area contributed by atoms with Crippen molar-refractivity contribution in [1.82, 2.24) is 30.3 Å². The van der Waals surface area contributed by atoms with Crippen LogP contribution in [-0.2, 0) is 16.1 Å². The number of hydrogen-bond acceptors (Lipinski definition) is 8. The van der Waals surface area contributed by atoms with Crippen LogP contribution >= 0.6 is 11.3 Å². The number of aromatic nitrogens is 5. The van der Waals surface area contributed by atoms with Gasteiger partial charge in [-0.3, -0.25) is 0 Å². The van der Waals surface area contributed by atoms with E-state index in [2.05, 4.69) is 25.4 Å². The Labute approximate surface area is 196 Å². The van der Waals surface area contributed by atoms with E-state index in [0.29, 0.717) is 29.5 Å². The molecule has 176 valence electrons. The molecule has 3 aromatic heterocycles. The number of carbonyl (C=O) groups is 1. The number of methoxy groups -OCH3 is 1. The number of pyridine rings is 1. The minimum Gasteiger partial charge on any atom is -0.442 e. The quantitative estimate of drug-likeness (QED) is 0.453. The molecule has 1 unspecified atom stereocenters. The molecule has 1 fully saturated rings. The van der Waals surface area contributed by atoms with Crippen molar-refractivity contribution in [2.75, 3.05) is 20.2 Å². The van der Waals surface area contributed by atoms with Gasteiger partial charge in [0.1, 0.15) is 11.6 Å². The molecule has 0 saturated carbocycles. The van der Waals surface area contributed by atoms with Gasteiger partial charge in [-0.2, -0.15) is 15.4 Å². The highest BCUT2D eigenvalue weighted by Crippen LogP contribution is 2.33. The van der Waals surface area contributed by atoms with Gasteiger partial charge in [0.15, 0.2) is 22.7 Å². The zero-order valence-electron chi connectivity index (χ0n) is 18.3. The summed E-state index contributed by atoms with van der Waals surface area (Å²) in [5.74, 6) is -1.40. The first-order valence-corrected chi connectivity index (χ1v) is 11.3. The summed E-state index contributed by atoms with van der Waals surface area (Å²) in [4.78, 5) is 23.7. The smallest absolute Gasteiger partial charge is 0.410 e. The van der Waals surface area contributed by atoms with E-state index in [1.807, 2.05) is 6.92 Å². The SMILES string of the molecule is COC1CCN(C(=O)OCc2nc(C)c(-c3cccc(-c4cc(F)c5n[nH]nc5c4F)n3)s2)C1. The number of aryl methyl sites for hydroxylation is 1. The fourth-order valence-electron chi connectivity index (χ4n) is 3.89. The molecule has 1 aliphatic heterocycles. The molecular formula is C22H20F2N6O3S. The highest BCUT2D eigenvalue weighted by atomic mass is 32.1. The van der Waals surface area contributed by atoms with E-state index in [4.69, 9.17) is 9.47 Å². The highest BCUT2D eigenvalue weighted by Gasteiger charge is 2.27. The van der Waals surface area contributed by atoms with Gasteiger partial charge in [0, 0.05) is 19.2 Å². The maximum atomic E-state index is 14.9. The summed E-state index contributed by atoms with van der Waals surface area (Å²) in [6.07, 6.45) is 0.403. The normalized spacial score (nSPS) is 15.9. The molecule has 9 nitrogen and oxygen atoms in total. The van der Waals surface area contributed by atoms with Gasteiger partial charge in [-0.15, -0.1) is 11.3 Å². The van der Waals surface area contributed by atoms with Crippen molar-refractivity contribution < 1.29 is 23.0 Å². The van der Waals surface area contributed by atoms with Crippen molar-refractivity contribution >= 4 is 28.5 Å². The number of thiazole rings is 1. The molecule has 0 spiro atoms. The van der Waals surface area contributed by atoms with E-state index in [1.54, 1.807) is 30.2 Å². The van der Waals surface area contributed by atoms with Crippen molar-refractivity contribution in [3.05, 3.63) is 46.6 Å². The number of rotatable bonds is 5. The van der Waals surface area contributed by atoms with Gasteiger partial charge in [-0.25, -0.2) is 23.5 Å². The average molecular weight is 487 g/mol. The molecule has 1 saturated heterocycles. The Balaban J connectivity index is 1.36. The summed E-state index contributed by atoms with van der Waals surface area (Å²) in [6.45, 7) is 2.94. The van der Waals surface area contributed by atoms with Gasteiger partial charge in [0.25, 0.3) is 0 Å². The van der Waals surface area contributed by atoms with Crippen molar-refractivity contribution in [1.29, 1.82) is 0 Å². The zero-order valence-corrected chi connectivity index (χ0v) is 19.2. The lowest BCUT2D eigenvalue weighted by atomic mass is 10.1. The molecule has 0 radical (unpaired) electrons. The highest BCUT2D eigenvalue weighted by molar-refractivity contribution is 7.15. The lowest BCUT2D eigenvalue weighted by Crippen LogP contribution is -2.30. The van der Waals surface area contributed by atoms with Crippen molar-refractivity contribution in [3.63, 3.8) is 0 Å². The third-order valence-corrected chi connectivity index (χ3v) is 6.80. The van der Waals surface area contributed by atoms with Crippen LogP contribution in [0.1, 0.15) is 17.1 Å². The Hall–Kier alpha value is -3.51. The number of benzene rings is 1. The molecule has 0 aliphatic carbocycles. The van der Waals surface area contributed by atoms with E-state index in [1.165, 1.54) is 11.3 Å². The van der Waals surface area contributed by atoms with Crippen LogP contribution in [0, 0.1) is 18.6 Å². The van der Waals surface area contributed by atoms with Gasteiger partial charge in [-0.05, 0) is 31.5 Å². The van der Waals surface area contributed by atoms with Gasteiger partial charge >= 0.3 is 6.09 Å². The van der Waals surface area contributed by atoms with E-state index >= 15 is 0 Å². The molecule has 34 heavy (non-hydrogen) atoms. The lowest BCUT2D eigenvalue weighted by molar-refractivity contribution is 0.0847. The summed E-state index contributed by atoms with van der Waals surface area (Å²) in [7, 11) is 1.62. The molecule has 1 amide bonds. The van der Waals surface area contributed by atoms with Crippen LogP contribution in [0.25, 0.3) is 32.9 Å². The number of fused-ring (bicyclic) bond motifs is 1. The van der Waals surface area contributed by atoms with Crippen LogP contribution in [0.15, 0.2) is 24.3 Å². The molecule has 1 aliphatic rings. The van der Waals surface area contributed by atoms with Gasteiger partial charge in [0.2, 0.25) is 0 Å². The zero-order chi connectivity index (χ0) is 23.8. The molecule has 1 atom stereocenters. The molecule has 4 heterocycles. The second-order valence-electron chi connectivity index (χ2n) is 7.82. The first-order chi connectivity index (χ1) is 16.4. The number of ether oxygens (including phenoxy) is 2. The number of halogens is 2. The van der Waals surface area contributed by atoms with Gasteiger partial charge in [0.05, 0.1) is 34.6 Å². The van der Waals surface area contributed by atoms with Crippen LogP contribution in [0.3, 0.4) is 0 Å². The Bertz CT molecular complexity index is 1370. The second kappa shape index (κ2) is 9.03. The second-order valence-corrected chi connectivity index (χ2v) is 8.90. The fraction of sp³-hybridized carbons (Fsp3) is 0.318.